The minimum absolute atomic E-state index is 0.0636. The number of nitrogens with two attached hydrogens (primary N) is 1. The van der Waals surface area contributed by atoms with Crippen molar-refractivity contribution in [1.29, 1.82) is 0 Å². The maximum atomic E-state index is 11.1. The number of hydrogen-bond acceptors (Lipinski definition) is 3. The molecule has 0 heterocycles. The number of hydrogen-bond donors (Lipinski definition) is 2. The molecule has 31 heavy (non-hydrogen) atoms. The van der Waals surface area contributed by atoms with Crippen molar-refractivity contribution in [2.45, 2.75) is 136 Å². The predicted octanol–water partition coefficient (Wildman–Crippen LogP) is 6.93. The lowest BCUT2D eigenvalue weighted by molar-refractivity contribution is -0.137. The largest absolute Gasteiger partial charge is 0.481 e. The van der Waals surface area contributed by atoms with Gasteiger partial charge in [-0.05, 0) is 19.3 Å². The van der Waals surface area contributed by atoms with Crippen LogP contribution < -0.4 is 5.73 Å². The Morgan fingerprint density at radius 1 is 0.613 bits per heavy atom. The standard InChI is InChI=1S/C18H36O2.C8H18N2O/c1-2-3-4-5-6-7-8-9-10-11-12-13-14-15-16-17-18(19)20;1-3-5-10(6-4-2)8(11)7-9/h2-17H2,1H3,(H,19,20);3-7,9H2,1-2H3. The van der Waals surface area contributed by atoms with Gasteiger partial charge in [0.05, 0.1) is 6.54 Å². The zero-order valence-electron chi connectivity index (χ0n) is 21.1. The first-order valence-electron chi connectivity index (χ1n) is 13.2. The van der Waals surface area contributed by atoms with Crippen molar-refractivity contribution in [3.63, 3.8) is 0 Å². The van der Waals surface area contributed by atoms with E-state index < -0.39 is 5.97 Å². The molecule has 3 N–H and O–H groups in total. The Labute approximate surface area is 193 Å². The van der Waals surface area contributed by atoms with E-state index in [1.165, 1.54) is 83.5 Å². The van der Waals surface area contributed by atoms with Gasteiger partial charge in [-0.3, -0.25) is 9.59 Å². The summed E-state index contributed by atoms with van der Waals surface area (Å²) in [7, 11) is 0. The van der Waals surface area contributed by atoms with Gasteiger partial charge in [0, 0.05) is 19.5 Å². The van der Waals surface area contributed by atoms with Crippen LogP contribution in [0.5, 0.6) is 0 Å². The Morgan fingerprint density at radius 3 is 1.26 bits per heavy atom. The Morgan fingerprint density at radius 2 is 0.968 bits per heavy atom. The van der Waals surface area contributed by atoms with Crippen molar-refractivity contribution < 1.29 is 14.7 Å². The summed E-state index contributed by atoms with van der Waals surface area (Å²) in [4.78, 5) is 23.2. The van der Waals surface area contributed by atoms with Gasteiger partial charge in [0.1, 0.15) is 0 Å². The highest BCUT2D eigenvalue weighted by Gasteiger charge is 2.07. The van der Waals surface area contributed by atoms with Crippen LogP contribution in [0.4, 0.5) is 0 Å². The van der Waals surface area contributed by atoms with Gasteiger partial charge in [0.25, 0.3) is 0 Å². The highest BCUT2D eigenvalue weighted by atomic mass is 16.4. The minimum atomic E-state index is -0.653. The van der Waals surface area contributed by atoms with Crippen LogP contribution in [0.3, 0.4) is 0 Å². The number of rotatable bonds is 21. The van der Waals surface area contributed by atoms with Gasteiger partial charge in [-0.15, -0.1) is 0 Å². The topological polar surface area (TPSA) is 83.6 Å². The molecule has 0 rings (SSSR count). The van der Waals surface area contributed by atoms with Crippen LogP contribution in [0.15, 0.2) is 0 Å². The summed E-state index contributed by atoms with van der Waals surface area (Å²) < 4.78 is 0. The molecule has 186 valence electrons. The Kier molecular flexibility index (Phi) is 27.9. The average molecular weight is 443 g/mol. The SMILES string of the molecule is CCCCCCCCCCCCCCCCCC(=O)O.CCCN(CCC)C(=O)CN. The van der Waals surface area contributed by atoms with E-state index in [9.17, 15) is 9.59 Å². The second kappa shape index (κ2) is 26.9. The molecular weight excluding hydrogens is 388 g/mol. The predicted molar refractivity (Wildman–Crippen MR) is 133 cm³/mol. The van der Waals surface area contributed by atoms with E-state index in [0.29, 0.717) is 6.42 Å². The first kappa shape index (κ1) is 32.1. The average Bonchev–Trinajstić information content (AvgIpc) is 2.76. The lowest BCUT2D eigenvalue weighted by atomic mass is 10.0. The molecule has 0 aliphatic heterocycles. The molecule has 5 nitrogen and oxygen atoms in total. The van der Waals surface area contributed by atoms with E-state index in [-0.39, 0.29) is 12.5 Å². The van der Waals surface area contributed by atoms with Crippen LogP contribution >= 0.6 is 0 Å². The quantitative estimate of drug-likeness (QED) is 0.189. The van der Waals surface area contributed by atoms with E-state index in [1.807, 2.05) is 4.90 Å². The highest BCUT2D eigenvalue weighted by Crippen LogP contribution is 2.13. The molecule has 0 radical (unpaired) electrons. The lowest BCUT2D eigenvalue weighted by Gasteiger charge is -2.20. The molecule has 0 fully saturated rings. The number of aliphatic carboxylic acids is 1. The molecule has 0 saturated carbocycles. The second-order valence-electron chi connectivity index (χ2n) is 8.68. The first-order chi connectivity index (χ1) is 15.0. The van der Waals surface area contributed by atoms with Crippen molar-refractivity contribution in [2.75, 3.05) is 19.6 Å². The molecule has 5 heteroatoms. The maximum absolute atomic E-state index is 11.1. The number of amides is 1. The van der Waals surface area contributed by atoms with Gasteiger partial charge in [-0.25, -0.2) is 0 Å². The van der Waals surface area contributed by atoms with Gasteiger partial charge in [0.2, 0.25) is 5.91 Å². The monoisotopic (exact) mass is 442 g/mol. The van der Waals surface area contributed by atoms with E-state index >= 15 is 0 Å². The van der Waals surface area contributed by atoms with Crippen molar-refractivity contribution in [3.05, 3.63) is 0 Å². The number of nitrogens with zero attached hydrogens (tertiary/aromatic N) is 1. The molecule has 0 aromatic carbocycles. The summed E-state index contributed by atoms with van der Waals surface area (Å²) in [6, 6.07) is 0. The van der Waals surface area contributed by atoms with Crippen LogP contribution in [-0.4, -0.2) is 41.5 Å². The van der Waals surface area contributed by atoms with Crippen LogP contribution in [0.1, 0.15) is 136 Å². The fourth-order valence-electron chi connectivity index (χ4n) is 3.68. The van der Waals surface area contributed by atoms with E-state index in [2.05, 4.69) is 20.8 Å². The number of carbonyl (C=O) groups excluding carboxylic acids is 1. The molecule has 0 aliphatic carbocycles. The van der Waals surface area contributed by atoms with Crippen molar-refractivity contribution >= 4 is 11.9 Å². The summed E-state index contributed by atoms with van der Waals surface area (Å²) in [5.41, 5.74) is 5.24. The van der Waals surface area contributed by atoms with Crippen molar-refractivity contribution in [1.82, 2.24) is 4.90 Å². The van der Waals surface area contributed by atoms with Gasteiger partial charge >= 0.3 is 5.97 Å². The molecule has 0 spiro atoms. The maximum Gasteiger partial charge on any atom is 0.303 e. The number of carbonyl (C=O) groups is 2. The zero-order valence-corrected chi connectivity index (χ0v) is 21.1. The Balaban J connectivity index is 0. The molecule has 0 aliphatic rings. The van der Waals surface area contributed by atoms with E-state index in [1.54, 1.807) is 0 Å². The normalized spacial score (nSPS) is 10.5. The fourth-order valence-corrected chi connectivity index (χ4v) is 3.68. The molecular formula is C26H54N2O3. The lowest BCUT2D eigenvalue weighted by Crippen LogP contribution is -2.37. The van der Waals surface area contributed by atoms with Gasteiger partial charge in [0.15, 0.2) is 0 Å². The zero-order chi connectivity index (χ0) is 23.6. The fraction of sp³-hybridized carbons (Fsp3) is 0.923. The molecule has 1 amide bonds. The van der Waals surface area contributed by atoms with E-state index in [0.717, 1.165) is 38.8 Å². The van der Waals surface area contributed by atoms with Gasteiger partial charge in [-0.2, -0.15) is 0 Å². The summed E-state index contributed by atoms with van der Waals surface area (Å²) in [5.74, 6) is -0.589. The first-order valence-corrected chi connectivity index (χ1v) is 13.2. The van der Waals surface area contributed by atoms with Crippen molar-refractivity contribution in [2.24, 2.45) is 5.73 Å². The smallest absolute Gasteiger partial charge is 0.303 e. The molecule has 0 unspecified atom stereocenters. The van der Waals surface area contributed by atoms with Crippen molar-refractivity contribution in [3.8, 4) is 0 Å². The summed E-state index contributed by atoms with van der Waals surface area (Å²) in [6.07, 6.45) is 22.2. The third kappa shape index (κ3) is 26.9. The highest BCUT2D eigenvalue weighted by molar-refractivity contribution is 5.77. The summed E-state index contributed by atoms with van der Waals surface area (Å²) >= 11 is 0. The number of carboxylic acids is 1. The third-order valence-electron chi connectivity index (χ3n) is 5.51. The van der Waals surface area contributed by atoms with E-state index in [4.69, 9.17) is 10.8 Å². The summed E-state index contributed by atoms with van der Waals surface area (Å²) in [5, 5.41) is 8.52. The number of unbranched alkanes of at least 4 members (excludes halogenated alkanes) is 14. The molecule has 0 atom stereocenters. The summed E-state index contributed by atoms with van der Waals surface area (Å²) in [6.45, 7) is 8.21. The second-order valence-corrected chi connectivity index (χ2v) is 8.68. The number of carboxylic acid groups (broad SMARTS) is 1. The molecule has 0 aromatic rings. The van der Waals surface area contributed by atoms with Crippen LogP contribution in [-0.2, 0) is 9.59 Å². The van der Waals surface area contributed by atoms with Crippen LogP contribution in [0.25, 0.3) is 0 Å². The van der Waals surface area contributed by atoms with Gasteiger partial charge in [-0.1, -0.05) is 111 Å². The molecule has 0 saturated heterocycles. The van der Waals surface area contributed by atoms with Crippen LogP contribution in [0.2, 0.25) is 0 Å². The minimum Gasteiger partial charge on any atom is -0.481 e. The molecule has 0 aromatic heterocycles. The van der Waals surface area contributed by atoms with Crippen LogP contribution in [0, 0.1) is 0 Å². The Bertz CT molecular complexity index is 383. The third-order valence-corrected chi connectivity index (χ3v) is 5.51. The van der Waals surface area contributed by atoms with Gasteiger partial charge < -0.3 is 15.7 Å². The molecule has 0 bridgehead atoms. The Hall–Kier alpha value is -1.10.